The Kier molecular flexibility index (Phi) is 4.77. The van der Waals surface area contributed by atoms with Crippen LogP contribution in [-0.2, 0) is 4.74 Å². The monoisotopic (exact) mass is 473 g/mol. The Morgan fingerprint density at radius 2 is 2.14 bits per heavy atom. The van der Waals surface area contributed by atoms with Crippen LogP contribution >= 0.6 is 27.5 Å². The smallest absolute Gasteiger partial charge is 0.147 e. The Morgan fingerprint density at radius 1 is 1.24 bits per heavy atom. The molecule has 0 spiro atoms. The Labute approximate surface area is 179 Å². The Hall–Kier alpha value is -2.42. The Morgan fingerprint density at radius 3 is 3.03 bits per heavy atom. The van der Waals surface area contributed by atoms with E-state index < -0.39 is 0 Å². The molecule has 1 aliphatic rings. The molecule has 3 aromatic heterocycles. The summed E-state index contributed by atoms with van der Waals surface area (Å²) in [5, 5.41) is 2.34. The molecule has 1 aliphatic heterocycles. The number of nitrogens with two attached hydrogens (primary N) is 1. The molecule has 7 nitrogen and oxygen atoms in total. The average Bonchev–Trinajstić information content (AvgIpc) is 3.34. The van der Waals surface area contributed by atoms with Crippen LogP contribution < -0.4 is 10.5 Å². The van der Waals surface area contributed by atoms with Crippen LogP contribution in [0.5, 0.6) is 5.75 Å². The van der Waals surface area contributed by atoms with E-state index in [4.69, 9.17) is 26.8 Å². The SMILES string of the molecule is Nc1ncnc2c1ccn2[C@H]1CC[C@@H](COc2cc3ncc(Br)cc3cc2Cl)O1. The van der Waals surface area contributed by atoms with Crippen LogP contribution in [0.1, 0.15) is 19.1 Å². The molecule has 5 rings (SSSR count). The van der Waals surface area contributed by atoms with Crippen molar-refractivity contribution in [1.29, 1.82) is 0 Å². The summed E-state index contributed by atoms with van der Waals surface area (Å²) in [6.07, 6.45) is 6.75. The molecule has 1 saturated heterocycles. The summed E-state index contributed by atoms with van der Waals surface area (Å²) in [6, 6.07) is 7.60. The first-order valence-electron chi connectivity index (χ1n) is 9.18. The van der Waals surface area contributed by atoms with E-state index in [1.807, 2.05) is 35.0 Å². The molecule has 0 amide bonds. The second kappa shape index (κ2) is 7.44. The van der Waals surface area contributed by atoms with Crippen LogP contribution in [0.3, 0.4) is 0 Å². The molecule has 9 heteroatoms. The topological polar surface area (TPSA) is 88.1 Å². The van der Waals surface area contributed by atoms with Crippen molar-refractivity contribution in [2.75, 3.05) is 12.3 Å². The maximum atomic E-state index is 6.39. The maximum Gasteiger partial charge on any atom is 0.147 e. The number of fused-ring (bicyclic) bond motifs is 2. The number of nitrogens with zero attached hydrogens (tertiary/aromatic N) is 4. The van der Waals surface area contributed by atoms with Gasteiger partial charge in [0.25, 0.3) is 0 Å². The molecule has 0 radical (unpaired) electrons. The second-order valence-electron chi connectivity index (χ2n) is 6.95. The van der Waals surface area contributed by atoms with Gasteiger partial charge in [-0.1, -0.05) is 11.6 Å². The summed E-state index contributed by atoms with van der Waals surface area (Å²) in [4.78, 5) is 12.8. The Balaban J connectivity index is 1.29. The summed E-state index contributed by atoms with van der Waals surface area (Å²) >= 11 is 9.81. The van der Waals surface area contributed by atoms with Gasteiger partial charge in [-0.2, -0.15) is 0 Å². The molecule has 0 unspecified atom stereocenters. The van der Waals surface area contributed by atoms with Gasteiger partial charge >= 0.3 is 0 Å². The highest BCUT2D eigenvalue weighted by Gasteiger charge is 2.28. The molecule has 2 N–H and O–H groups in total. The van der Waals surface area contributed by atoms with Crippen LogP contribution in [0.4, 0.5) is 5.82 Å². The molecule has 1 aromatic carbocycles. The first kappa shape index (κ1) is 18.6. The van der Waals surface area contributed by atoms with Crippen molar-refractivity contribution in [3.8, 4) is 5.75 Å². The molecular formula is C20H17BrClN5O2. The third-order valence-electron chi connectivity index (χ3n) is 5.06. The number of hydrogen-bond donors (Lipinski definition) is 1. The van der Waals surface area contributed by atoms with Gasteiger partial charge in [-0.25, -0.2) is 9.97 Å². The first-order chi connectivity index (χ1) is 14.1. The fourth-order valence-corrected chi connectivity index (χ4v) is 4.21. The van der Waals surface area contributed by atoms with E-state index >= 15 is 0 Å². The summed E-state index contributed by atoms with van der Waals surface area (Å²) < 4.78 is 15.1. The number of ether oxygens (including phenoxy) is 2. The van der Waals surface area contributed by atoms with E-state index in [1.54, 1.807) is 6.20 Å². The van der Waals surface area contributed by atoms with Crippen LogP contribution in [0.2, 0.25) is 5.02 Å². The zero-order valence-electron chi connectivity index (χ0n) is 15.3. The molecule has 2 atom stereocenters. The summed E-state index contributed by atoms with van der Waals surface area (Å²) in [5.74, 6) is 1.08. The van der Waals surface area contributed by atoms with Gasteiger partial charge in [0.15, 0.2) is 0 Å². The summed E-state index contributed by atoms with van der Waals surface area (Å²) in [6.45, 7) is 0.411. The van der Waals surface area contributed by atoms with Crippen LogP contribution in [0.15, 0.2) is 47.5 Å². The molecule has 1 fully saturated rings. The van der Waals surface area contributed by atoms with E-state index in [0.29, 0.717) is 23.2 Å². The van der Waals surface area contributed by atoms with Crippen LogP contribution in [0.25, 0.3) is 21.9 Å². The molecule has 0 bridgehead atoms. The fourth-order valence-electron chi connectivity index (χ4n) is 3.63. The van der Waals surface area contributed by atoms with E-state index in [1.165, 1.54) is 6.33 Å². The largest absolute Gasteiger partial charge is 0.489 e. The molecule has 29 heavy (non-hydrogen) atoms. The van der Waals surface area contributed by atoms with Crippen molar-refractivity contribution in [1.82, 2.24) is 19.5 Å². The lowest BCUT2D eigenvalue weighted by molar-refractivity contribution is -0.0155. The number of rotatable bonds is 4. The quantitative estimate of drug-likeness (QED) is 0.460. The van der Waals surface area contributed by atoms with Gasteiger partial charge < -0.3 is 19.8 Å². The first-order valence-corrected chi connectivity index (χ1v) is 10.4. The molecule has 148 valence electrons. The van der Waals surface area contributed by atoms with E-state index in [-0.39, 0.29) is 12.3 Å². The molecule has 4 aromatic rings. The van der Waals surface area contributed by atoms with Crippen molar-refractivity contribution < 1.29 is 9.47 Å². The highest BCUT2D eigenvalue weighted by molar-refractivity contribution is 9.10. The van der Waals surface area contributed by atoms with E-state index in [9.17, 15) is 0 Å². The molecular weight excluding hydrogens is 458 g/mol. The van der Waals surface area contributed by atoms with Gasteiger partial charge in [0.05, 0.1) is 22.0 Å². The minimum atomic E-state index is -0.110. The lowest BCUT2D eigenvalue weighted by Gasteiger charge is -2.17. The number of halogens is 2. The molecule has 4 heterocycles. The third kappa shape index (κ3) is 3.52. The molecule has 0 aliphatic carbocycles. The maximum absolute atomic E-state index is 6.39. The lowest BCUT2D eigenvalue weighted by atomic mass is 10.2. The third-order valence-corrected chi connectivity index (χ3v) is 5.79. The van der Waals surface area contributed by atoms with Crippen LogP contribution in [0, 0.1) is 0 Å². The summed E-state index contributed by atoms with van der Waals surface area (Å²) in [7, 11) is 0. The number of benzene rings is 1. The van der Waals surface area contributed by atoms with E-state index in [2.05, 4.69) is 30.9 Å². The molecule has 0 saturated carbocycles. The highest BCUT2D eigenvalue weighted by Crippen LogP contribution is 2.34. The normalized spacial score (nSPS) is 19.2. The highest BCUT2D eigenvalue weighted by atomic mass is 79.9. The lowest BCUT2D eigenvalue weighted by Crippen LogP contribution is -2.18. The van der Waals surface area contributed by atoms with Crippen molar-refractivity contribution in [3.05, 3.63) is 52.5 Å². The van der Waals surface area contributed by atoms with Gasteiger partial charge in [-0.05, 0) is 47.0 Å². The van der Waals surface area contributed by atoms with Gasteiger partial charge in [0.1, 0.15) is 36.4 Å². The number of aromatic nitrogens is 4. The predicted octanol–water partition coefficient (Wildman–Crippen LogP) is 4.73. The predicted molar refractivity (Wildman–Crippen MR) is 115 cm³/mol. The van der Waals surface area contributed by atoms with Gasteiger partial charge in [-0.15, -0.1) is 0 Å². The van der Waals surface area contributed by atoms with Crippen molar-refractivity contribution in [2.24, 2.45) is 0 Å². The second-order valence-corrected chi connectivity index (χ2v) is 8.27. The number of pyridine rings is 1. The zero-order chi connectivity index (χ0) is 20.0. The van der Waals surface area contributed by atoms with Crippen molar-refractivity contribution in [3.63, 3.8) is 0 Å². The van der Waals surface area contributed by atoms with Crippen LogP contribution in [-0.4, -0.2) is 32.2 Å². The van der Waals surface area contributed by atoms with Gasteiger partial charge in [0, 0.05) is 28.3 Å². The number of hydrogen-bond acceptors (Lipinski definition) is 6. The number of nitrogen functional groups attached to an aromatic ring is 1. The average molecular weight is 475 g/mol. The van der Waals surface area contributed by atoms with Crippen molar-refractivity contribution >= 4 is 55.3 Å². The number of anilines is 1. The van der Waals surface area contributed by atoms with Crippen molar-refractivity contribution in [2.45, 2.75) is 25.2 Å². The van der Waals surface area contributed by atoms with E-state index in [0.717, 1.165) is 39.3 Å². The summed E-state index contributed by atoms with van der Waals surface area (Å²) in [5.41, 5.74) is 7.53. The fraction of sp³-hybridized carbons (Fsp3) is 0.250. The Bertz CT molecular complexity index is 1210. The standard InChI is InChI=1S/C20H17BrClN5O2/c21-12-5-11-6-15(22)17(7-16(11)24-8-12)28-9-13-1-2-18(29-13)27-4-3-14-19(23)25-10-26-20(14)27/h3-8,10,13,18H,1-2,9H2,(H2,23,25,26)/t13-,18+/m0/s1. The zero-order valence-corrected chi connectivity index (χ0v) is 17.6. The van der Waals surface area contributed by atoms with Gasteiger partial charge in [0.2, 0.25) is 0 Å². The van der Waals surface area contributed by atoms with Gasteiger partial charge in [-0.3, -0.25) is 4.98 Å². The minimum Gasteiger partial charge on any atom is -0.489 e. The minimum absolute atomic E-state index is 0.0405.